The molecule has 0 aromatic heterocycles. The largest absolute Gasteiger partial charge is 0.478 e. The van der Waals surface area contributed by atoms with Gasteiger partial charge in [0, 0.05) is 10.9 Å². The van der Waals surface area contributed by atoms with Crippen LogP contribution in [0.2, 0.25) is 0 Å². The molecule has 1 heterocycles. The third-order valence-electron chi connectivity index (χ3n) is 2.12. The molecule has 15 heavy (non-hydrogen) atoms. The highest BCUT2D eigenvalue weighted by Gasteiger charge is 2.28. The van der Waals surface area contributed by atoms with Gasteiger partial charge in [-0.1, -0.05) is 33.2 Å². The molecule has 0 spiro atoms. The number of carbonyl (C=O) groups is 1. The number of aliphatic carboxylic acids is 1. The third kappa shape index (κ3) is 2.18. The van der Waals surface area contributed by atoms with Gasteiger partial charge in [-0.3, -0.25) is 0 Å². The maximum absolute atomic E-state index is 10.6. The topological polar surface area (TPSA) is 58.9 Å². The summed E-state index contributed by atoms with van der Waals surface area (Å²) < 4.78 is 0.973. The zero-order valence-electron chi connectivity index (χ0n) is 7.68. The summed E-state index contributed by atoms with van der Waals surface area (Å²) in [5.41, 5.74) is 1.57. The van der Waals surface area contributed by atoms with Crippen molar-refractivity contribution in [2.24, 2.45) is 5.16 Å². The summed E-state index contributed by atoms with van der Waals surface area (Å²) in [4.78, 5) is 15.4. The molecule has 1 atom stereocenters. The van der Waals surface area contributed by atoms with Crippen LogP contribution in [0.3, 0.4) is 0 Å². The second-order valence-electron chi connectivity index (χ2n) is 3.18. The Hall–Kier alpha value is -1.36. The van der Waals surface area contributed by atoms with E-state index in [1.807, 2.05) is 24.3 Å². The second kappa shape index (κ2) is 4.02. The Labute approximate surface area is 94.7 Å². The van der Waals surface area contributed by atoms with E-state index in [4.69, 9.17) is 9.94 Å². The fourth-order valence-corrected chi connectivity index (χ4v) is 1.59. The van der Waals surface area contributed by atoms with Gasteiger partial charge in [0.1, 0.15) is 0 Å². The van der Waals surface area contributed by atoms with Crippen molar-refractivity contribution >= 4 is 27.6 Å². The zero-order chi connectivity index (χ0) is 10.8. The lowest BCUT2D eigenvalue weighted by atomic mass is 10.1. The van der Waals surface area contributed by atoms with Crippen LogP contribution in [-0.4, -0.2) is 22.9 Å². The Bertz CT molecular complexity index is 413. The van der Waals surface area contributed by atoms with Crippen molar-refractivity contribution in [2.45, 2.75) is 12.5 Å². The Balaban J connectivity index is 2.14. The van der Waals surface area contributed by atoms with Gasteiger partial charge >= 0.3 is 5.97 Å². The minimum atomic E-state index is -0.981. The minimum absolute atomic E-state index is 0.316. The van der Waals surface area contributed by atoms with Gasteiger partial charge in [-0.05, 0) is 17.7 Å². The van der Waals surface area contributed by atoms with Gasteiger partial charge in [0.2, 0.25) is 6.10 Å². The maximum Gasteiger partial charge on any atom is 0.348 e. The van der Waals surface area contributed by atoms with Crippen molar-refractivity contribution in [2.75, 3.05) is 0 Å². The standard InChI is InChI=1S/C10H8BrNO3/c11-7-3-1-6(2-4-7)8-5-9(10(13)14)15-12-8/h1-4,9H,5H2,(H,13,14)/t9-/m0/s1. The summed E-state index contributed by atoms with van der Waals surface area (Å²) >= 11 is 3.32. The molecule has 0 radical (unpaired) electrons. The first-order valence-electron chi connectivity index (χ1n) is 4.38. The van der Waals surface area contributed by atoms with Gasteiger partial charge in [0.05, 0.1) is 5.71 Å². The molecule has 0 aliphatic carbocycles. The monoisotopic (exact) mass is 269 g/mol. The molecule has 0 bridgehead atoms. The predicted octanol–water partition coefficient (Wildman–Crippen LogP) is 2.03. The minimum Gasteiger partial charge on any atom is -0.478 e. The molecule has 0 saturated carbocycles. The van der Waals surface area contributed by atoms with Crippen LogP contribution in [0.4, 0.5) is 0 Å². The zero-order valence-corrected chi connectivity index (χ0v) is 9.27. The number of hydrogen-bond donors (Lipinski definition) is 1. The number of carboxylic acid groups (broad SMARTS) is 1. The van der Waals surface area contributed by atoms with Crippen LogP contribution in [0, 0.1) is 0 Å². The van der Waals surface area contributed by atoms with Crippen molar-refractivity contribution in [3.05, 3.63) is 34.3 Å². The number of nitrogens with zero attached hydrogens (tertiary/aromatic N) is 1. The van der Waals surface area contributed by atoms with Crippen molar-refractivity contribution in [1.29, 1.82) is 0 Å². The predicted molar refractivity (Wildman–Crippen MR) is 57.8 cm³/mol. The van der Waals surface area contributed by atoms with Gasteiger partial charge in [-0.25, -0.2) is 4.79 Å². The lowest BCUT2D eigenvalue weighted by molar-refractivity contribution is -0.148. The van der Waals surface area contributed by atoms with E-state index in [1.54, 1.807) is 0 Å². The molecule has 1 N–H and O–H groups in total. The Morgan fingerprint density at radius 2 is 2.13 bits per heavy atom. The quantitative estimate of drug-likeness (QED) is 0.894. The van der Waals surface area contributed by atoms with E-state index in [0.29, 0.717) is 12.1 Å². The van der Waals surface area contributed by atoms with E-state index in [1.165, 1.54) is 0 Å². The van der Waals surface area contributed by atoms with Gasteiger partial charge in [0.15, 0.2) is 0 Å². The lowest BCUT2D eigenvalue weighted by Gasteiger charge is -2.00. The van der Waals surface area contributed by atoms with Gasteiger partial charge in [0.25, 0.3) is 0 Å². The summed E-state index contributed by atoms with van der Waals surface area (Å²) in [6, 6.07) is 7.50. The average Bonchev–Trinajstić information content (AvgIpc) is 2.68. The average molecular weight is 270 g/mol. The first kappa shape index (κ1) is 10.2. The molecule has 1 aromatic rings. The highest BCUT2D eigenvalue weighted by atomic mass is 79.9. The summed E-state index contributed by atoms with van der Waals surface area (Å²) in [7, 11) is 0. The number of rotatable bonds is 2. The molecule has 4 nitrogen and oxygen atoms in total. The van der Waals surface area contributed by atoms with E-state index >= 15 is 0 Å². The molecule has 1 aliphatic rings. The molecule has 5 heteroatoms. The smallest absolute Gasteiger partial charge is 0.348 e. The highest BCUT2D eigenvalue weighted by Crippen LogP contribution is 2.18. The fraction of sp³-hybridized carbons (Fsp3) is 0.200. The molecule has 78 valence electrons. The van der Waals surface area contributed by atoms with Crippen molar-refractivity contribution in [3.8, 4) is 0 Å². The Morgan fingerprint density at radius 1 is 1.47 bits per heavy atom. The SMILES string of the molecule is O=C(O)[C@@H]1CC(c2ccc(Br)cc2)=NO1. The molecule has 0 amide bonds. The lowest BCUT2D eigenvalue weighted by Crippen LogP contribution is -2.19. The molecule has 0 unspecified atom stereocenters. The van der Waals surface area contributed by atoms with E-state index in [2.05, 4.69) is 21.1 Å². The third-order valence-corrected chi connectivity index (χ3v) is 2.65. The van der Waals surface area contributed by atoms with Crippen LogP contribution in [0.5, 0.6) is 0 Å². The number of carboxylic acids is 1. The van der Waals surface area contributed by atoms with Crippen LogP contribution in [0.25, 0.3) is 0 Å². The van der Waals surface area contributed by atoms with Crippen LogP contribution >= 0.6 is 15.9 Å². The van der Waals surface area contributed by atoms with Crippen molar-refractivity contribution in [3.63, 3.8) is 0 Å². The van der Waals surface area contributed by atoms with E-state index in [9.17, 15) is 4.79 Å². The van der Waals surface area contributed by atoms with Crippen molar-refractivity contribution in [1.82, 2.24) is 0 Å². The molecular formula is C10H8BrNO3. The molecule has 1 aliphatic heterocycles. The molecule has 1 aromatic carbocycles. The van der Waals surface area contributed by atoms with E-state index in [0.717, 1.165) is 10.0 Å². The first-order valence-corrected chi connectivity index (χ1v) is 5.17. The van der Waals surface area contributed by atoms with Crippen molar-refractivity contribution < 1.29 is 14.7 Å². The maximum atomic E-state index is 10.6. The van der Waals surface area contributed by atoms with E-state index < -0.39 is 12.1 Å². The van der Waals surface area contributed by atoms with Gasteiger partial charge < -0.3 is 9.94 Å². The number of oxime groups is 1. The number of hydrogen-bond acceptors (Lipinski definition) is 3. The normalized spacial score (nSPS) is 19.5. The van der Waals surface area contributed by atoms with E-state index in [-0.39, 0.29) is 0 Å². The van der Waals surface area contributed by atoms with Crippen LogP contribution in [-0.2, 0) is 9.63 Å². The van der Waals surface area contributed by atoms with Gasteiger partial charge in [-0.15, -0.1) is 0 Å². The first-order chi connectivity index (χ1) is 7.16. The Morgan fingerprint density at radius 3 is 2.67 bits per heavy atom. The van der Waals surface area contributed by atoms with Crippen LogP contribution < -0.4 is 0 Å². The van der Waals surface area contributed by atoms with Crippen LogP contribution in [0.15, 0.2) is 33.9 Å². The molecule has 0 fully saturated rings. The molecule has 2 rings (SSSR count). The van der Waals surface area contributed by atoms with Gasteiger partial charge in [-0.2, -0.15) is 0 Å². The number of halogens is 1. The summed E-state index contributed by atoms with van der Waals surface area (Å²) in [6.07, 6.45) is -0.527. The summed E-state index contributed by atoms with van der Waals surface area (Å²) in [6.45, 7) is 0. The molecule has 0 saturated heterocycles. The summed E-state index contributed by atoms with van der Waals surface area (Å²) in [5, 5.41) is 12.5. The molecular weight excluding hydrogens is 262 g/mol. The van der Waals surface area contributed by atoms with Crippen LogP contribution in [0.1, 0.15) is 12.0 Å². The highest BCUT2D eigenvalue weighted by molar-refractivity contribution is 9.10. The Kier molecular flexibility index (Phi) is 2.73. The summed E-state index contributed by atoms with van der Waals surface area (Å²) in [5.74, 6) is -0.981. The fourth-order valence-electron chi connectivity index (χ4n) is 1.32. The number of benzene rings is 1. The second-order valence-corrected chi connectivity index (χ2v) is 4.10.